The van der Waals surface area contributed by atoms with Crippen molar-refractivity contribution in [3.8, 4) is 0 Å². The van der Waals surface area contributed by atoms with Crippen LogP contribution in [0.15, 0.2) is 0 Å². The Bertz CT molecular complexity index is 328. The van der Waals surface area contributed by atoms with E-state index in [0.717, 1.165) is 5.82 Å². The van der Waals surface area contributed by atoms with Crippen molar-refractivity contribution in [1.82, 2.24) is 14.8 Å². The molecule has 0 amide bonds. The lowest BCUT2D eigenvalue weighted by Crippen LogP contribution is -2.14. The SMILES string of the molecule is CC(C)C(C)n1c(Cl)nnc1C1CC1. The van der Waals surface area contributed by atoms with Gasteiger partial charge in [0.2, 0.25) is 5.28 Å². The van der Waals surface area contributed by atoms with E-state index in [1.807, 2.05) is 0 Å². The first-order chi connectivity index (χ1) is 6.61. The van der Waals surface area contributed by atoms with Gasteiger partial charge in [0.15, 0.2) is 0 Å². The van der Waals surface area contributed by atoms with E-state index in [1.54, 1.807) is 0 Å². The highest BCUT2D eigenvalue weighted by molar-refractivity contribution is 6.28. The summed E-state index contributed by atoms with van der Waals surface area (Å²) in [6, 6.07) is 0.382. The maximum Gasteiger partial charge on any atom is 0.225 e. The van der Waals surface area contributed by atoms with Crippen molar-refractivity contribution in [3.63, 3.8) is 0 Å². The van der Waals surface area contributed by atoms with Gasteiger partial charge < -0.3 is 0 Å². The predicted molar refractivity (Wildman–Crippen MR) is 56.6 cm³/mol. The number of nitrogens with zero attached hydrogens (tertiary/aromatic N) is 3. The molecule has 1 aromatic rings. The molecule has 3 nitrogen and oxygen atoms in total. The quantitative estimate of drug-likeness (QED) is 0.773. The molecule has 78 valence electrons. The Labute approximate surface area is 89.5 Å². The Morgan fingerprint density at radius 2 is 1.93 bits per heavy atom. The average Bonchev–Trinajstić information content (AvgIpc) is 2.89. The summed E-state index contributed by atoms with van der Waals surface area (Å²) in [5.74, 6) is 2.24. The van der Waals surface area contributed by atoms with Crippen molar-refractivity contribution >= 4 is 11.6 Å². The van der Waals surface area contributed by atoms with Gasteiger partial charge in [0.25, 0.3) is 0 Å². The van der Waals surface area contributed by atoms with E-state index in [2.05, 4.69) is 35.5 Å². The summed E-state index contributed by atoms with van der Waals surface area (Å²) in [7, 11) is 0. The minimum atomic E-state index is 0.382. The first-order valence-electron chi connectivity index (χ1n) is 5.21. The number of aromatic nitrogens is 3. The maximum absolute atomic E-state index is 6.05. The van der Waals surface area contributed by atoms with E-state index in [1.165, 1.54) is 12.8 Å². The van der Waals surface area contributed by atoms with Gasteiger partial charge in [-0.3, -0.25) is 4.57 Å². The summed E-state index contributed by atoms with van der Waals surface area (Å²) in [5.41, 5.74) is 0. The summed E-state index contributed by atoms with van der Waals surface area (Å²) in [4.78, 5) is 0. The minimum absolute atomic E-state index is 0.382. The molecule has 1 aliphatic rings. The molecule has 0 saturated heterocycles. The predicted octanol–water partition coefficient (Wildman–Crippen LogP) is 3.03. The Morgan fingerprint density at radius 1 is 1.29 bits per heavy atom. The summed E-state index contributed by atoms with van der Waals surface area (Å²) < 4.78 is 2.09. The molecule has 0 aliphatic heterocycles. The highest BCUT2D eigenvalue weighted by Gasteiger charge is 2.31. The van der Waals surface area contributed by atoms with Gasteiger partial charge in [-0.05, 0) is 37.3 Å². The Hall–Kier alpha value is -0.570. The fraction of sp³-hybridized carbons (Fsp3) is 0.800. The minimum Gasteiger partial charge on any atom is -0.298 e. The Morgan fingerprint density at radius 3 is 2.43 bits per heavy atom. The zero-order valence-electron chi connectivity index (χ0n) is 8.87. The molecule has 0 spiro atoms. The third-order valence-corrected chi connectivity index (χ3v) is 3.25. The smallest absolute Gasteiger partial charge is 0.225 e. The Kier molecular flexibility index (Phi) is 2.52. The molecule has 0 N–H and O–H groups in total. The maximum atomic E-state index is 6.05. The van der Waals surface area contributed by atoms with Crippen LogP contribution in [0.5, 0.6) is 0 Å². The summed E-state index contributed by atoms with van der Waals surface area (Å²) in [6.07, 6.45) is 2.47. The highest BCUT2D eigenvalue weighted by atomic mass is 35.5. The van der Waals surface area contributed by atoms with Gasteiger partial charge in [-0.1, -0.05) is 13.8 Å². The lowest BCUT2D eigenvalue weighted by atomic mass is 10.1. The monoisotopic (exact) mass is 213 g/mol. The molecule has 1 atom stereocenters. The van der Waals surface area contributed by atoms with Crippen LogP contribution in [-0.4, -0.2) is 14.8 Å². The molecule has 1 heterocycles. The molecule has 0 radical (unpaired) electrons. The van der Waals surface area contributed by atoms with Crippen molar-refractivity contribution in [1.29, 1.82) is 0 Å². The molecular formula is C10H16ClN3. The Balaban J connectivity index is 2.33. The molecule has 4 heteroatoms. The molecule has 0 aromatic carbocycles. The van der Waals surface area contributed by atoms with Crippen molar-refractivity contribution in [2.24, 2.45) is 5.92 Å². The zero-order chi connectivity index (χ0) is 10.3. The van der Waals surface area contributed by atoms with Crippen molar-refractivity contribution in [3.05, 3.63) is 11.1 Å². The van der Waals surface area contributed by atoms with Crippen molar-refractivity contribution in [2.75, 3.05) is 0 Å². The molecular weight excluding hydrogens is 198 g/mol. The fourth-order valence-corrected chi connectivity index (χ4v) is 1.86. The molecule has 14 heavy (non-hydrogen) atoms. The van der Waals surface area contributed by atoms with E-state index in [-0.39, 0.29) is 0 Å². The van der Waals surface area contributed by atoms with Crippen LogP contribution in [0.2, 0.25) is 5.28 Å². The molecule has 1 aromatic heterocycles. The molecule has 1 fully saturated rings. The lowest BCUT2D eigenvalue weighted by Gasteiger charge is -2.19. The van der Waals surface area contributed by atoms with Gasteiger partial charge in [-0.25, -0.2) is 0 Å². The number of hydrogen-bond donors (Lipinski definition) is 0. The topological polar surface area (TPSA) is 30.7 Å². The van der Waals surface area contributed by atoms with Crippen molar-refractivity contribution < 1.29 is 0 Å². The van der Waals surface area contributed by atoms with Gasteiger partial charge in [-0.15, -0.1) is 10.2 Å². The van der Waals surface area contributed by atoms with Gasteiger partial charge in [0.05, 0.1) is 0 Å². The first kappa shape index (κ1) is 9.97. The van der Waals surface area contributed by atoms with E-state index in [4.69, 9.17) is 11.6 Å². The second kappa shape index (κ2) is 3.54. The zero-order valence-corrected chi connectivity index (χ0v) is 9.62. The van der Waals surface area contributed by atoms with E-state index in [0.29, 0.717) is 23.2 Å². The van der Waals surface area contributed by atoms with Crippen LogP contribution in [0.4, 0.5) is 0 Å². The lowest BCUT2D eigenvalue weighted by molar-refractivity contribution is 0.396. The van der Waals surface area contributed by atoms with E-state index >= 15 is 0 Å². The second-order valence-electron chi connectivity index (χ2n) is 4.46. The summed E-state index contributed by atoms with van der Waals surface area (Å²) >= 11 is 6.05. The van der Waals surface area contributed by atoms with E-state index in [9.17, 15) is 0 Å². The largest absolute Gasteiger partial charge is 0.298 e. The van der Waals surface area contributed by atoms with Crippen LogP contribution >= 0.6 is 11.6 Å². The molecule has 1 aliphatic carbocycles. The normalized spacial score (nSPS) is 18.9. The van der Waals surface area contributed by atoms with Crippen LogP contribution < -0.4 is 0 Å². The average molecular weight is 214 g/mol. The van der Waals surface area contributed by atoms with E-state index < -0.39 is 0 Å². The third-order valence-electron chi connectivity index (χ3n) is 3.00. The summed E-state index contributed by atoms with van der Waals surface area (Å²) in [5, 5.41) is 8.66. The van der Waals surface area contributed by atoms with Crippen LogP contribution in [0.1, 0.15) is 51.4 Å². The highest BCUT2D eigenvalue weighted by Crippen LogP contribution is 2.41. The van der Waals surface area contributed by atoms with Gasteiger partial charge >= 0.3 is 0 Å². The number of hydrogen-bond acceptors (Lipinski definition) is 2. The second-order valence-corrected chi connectivity index (χ2v) is 4.79. The van der Waals surface area contributed by atoms with Gasteiger partial charge in [-0.2, -0.15) is 0 Å². The molecule has 1 unspecified atom stereocenters. The van der Waals surface area contributed by atoms with Gasteiger partial charge in [0.1, 0.15) is 5.82 Å². The molecule has 0 bridgehead atoms. The first-order valence-corrected chi connectivity index (χ1v) is 5.59. The molecule has 1 saturated carbocycles. The summed E-state index contributed by atoms with van der Waals surface area (Å²) in [6.45, 7) is 6.56. The number of halogens is 1. The number of rotatable bonds is 3. The van der Waals surface area contributed by atoms with Crippen LogP contribution in [0.25, 0.3) is 0 Å². The molecule has 2 rings (SSSR count). The van der Waals surface area contributed by atoms with Crippen LogP contribution in [-0.2, 0) is 0 Å². The fourth-order valence-electron chi connectivity index (χ4n) is 1.58. The van der Waals surface area contributed by atoms with Crippen LogP contribution in [0.3, 0.4) is 0 Å². The van der Waals surface area contributed by atoms with Crippen molar-refractivity contribution in [2.45, 2.75) is 45.6 Å². The standard InChI is InChI=1S/C10H16ClN3/c1-6(2)7(3)14-9(8-4-5-8)12-13-10(14)11/h6-8H,4-5H2,1-3H3. The van der Waals surface area contributed by atoms with Crippen LogP contribution in [0, 0.1) is 5.92 Å². The third kappa shape index (κ3) is 1.65. The van der Waals surface area contributed by atoms with Gasteiger partial charge in [0, 0.05) is 12.0 Å².